The first-order valence-corrected chi connectivity index (χ1v) is 12.5. The Kier molecular flexibility index (Phi) is 7.97. The van der Waals surface area contributed by atoms with Gasteiger partial charge in [-0.15, -0.1) is 0 Å². The van der Waals surface area contributed by atoms with Gasteiger partial charge in [-0.05, 0) is 60.2 Å². The lowest BCUT2D eigenvalue weighted by Gasteiger charge is -2.22. The maximum Gasteiger partial charge on any atom is 0.229 e. The lowest BCUT2D eigenvalue weighted by molar-refractivity contribution is 0.167. The first-order valence-electron chi connectivity index (χ1n) is 10.7. The zero-order chi connectivity index (χ0) is 24.0. The van der Waals surface area contributed by atoms with Crippen molar-refractivity contribution in [1.82, 2.24) is 5.32 Å². The number of sulfonamides is 1. The third-order valence-corrected chi connectivity index (χ3v) is 5.92. The van der Waals surface area contributed by atoms with E-state index in [-0.39, 0.29) is 29.6 Å². The Morgan fingerprint density at radius 2 is 1.58 bits per heavy atom. The maximum atomic E-state index is 11.5. The number of aliphatic hydroxyl groups excluding tert-OH is 1. The van der Waals surface area contributed by atoms with Crippen LogP contribution in [0, 0.1) is 6.92 Å². The number of anilines is 1. The van der Waals surface area contributed by atoms with Crippen molar-refractivity contribution in [3.8, 4) is 11.5 Å². The van der Waals surface area contributed by atoms with Crippen LogP contribution in [0.4, 0.5) is 5.69 Å². The second-order valence-corrected chi connectivity index (χ2v) is 10.0. The van der Waals surface area contributed by atoms with E-state index in [2.05, 4.69) is 10.0 Å². The summed E-state index contributed by atoms with van der Waals surface area (Å²) in [5.41, 5.74) is 3.70. The molecule has 0 aliphatic carbocycles. The molecule has 0 aliphatic heterocycles. The second-order valence-electron chi connectivity index (χ2n) is 8.28. The molecule has 2 atom stereocenters. The number of rotatable bonds is 10. The SMILES string of the molecule is Cc1cc(C(Cc2ccccc2)NC[C@@H](O)Cc2ccc(O)c(NS(C)(=O)=O)c2)ccc1O. The van der Waals surface area contributed by atoms with Crippen LogP contribution in [-0.4, -0.2) is 42.6 Å². The molecular formula is C25H30N2O5S. The van der Waals surface area contributed by atoms with E-state index < -0.39 is 16.1 Å². The van der Waals surface area contributed by atoms with Gasteiger partial charge in [0.2, 0.25) is 10.0 Å². The van der Waals surface area contributed by atoms with Gasteiger partial charge in [0.25, 0.3) is 0 Å². The van der Waals surface area contributed by atoms with E-state index in [1.165, 1.54) is 12.1 Å². The van der Waals surface area contributed by atoms with Crippen LogP contribution in [0.3, 0.4) is 0 Å². The highest BCUT2D eigenvalue weighted by Crippen LogP contribution is 2.26. The summed E-state index contributed by atoms with van der Waals surface area (Å²) < 4.78 is 25.3. The minimum absolute atomic E-state index is 0.0800. The van der Waals surface area contributed by atoms with E-state index in [9.17, 15) is 23.7 Å². The lowest BCUT2D eigenvalue weighted by atomic mass is 9.96. The molecule has 7 nitrogen and oxygen atoms in total. The van der Waals surface area contributed by atoms with E-state index in [4.69, 9.17) is 0 Å². The fraction of sp³-hybridized carbons (Fsp3) is 0.280. The van der Waals surface area contributed by atoms with Gasteiger partial charge < -0.3 is 20.6 Å². The summed E-state index contributed by atoms with van der Waals surface area (Å²) >= 11 is 0. The molecule has 0 aromatic heterocycles. The topological polar surface area (TPSA) is 119 Å². The van der Waals surface area contributed by atoms with Gasteiger partial charge in [-0.3, -0.25) is 4.72 Å². The highest BCUT2D eigenvalue weighted by molar-refractivity contribution is 7.92. The first-order chi connectivity index (χ1) is 15.6. The summed E-state index contributed by atoms with van der Waals surface area (Å²) in [5, 5.41) is 33.9. The molecule has 33 heavy (non-hydrogen) atoms. The smallest absolute Gasteiger partial charge is 0.229 e. The molecule has 5 N–H and O–H groups in total. The van der Waals surface area contributed by atoms with Crippen LogP contribution in [0.1, 0.15) is 28.3 Å². The normalized spacial score (nSPS) is 13.4. The van der Waals surface area contributed by atoms with Crippen molar-refractivity contribution in [2.24, 2.45) is 0 Å². The molecule has 0 aliphatic rings. The van der Waals surface area contributed by atoms with E-state index in [1.807, 2.05) is 49.4 Å². The van der Waals surface area contributed by atoms with Crippen molar-refractivity contribution in [2.75, 3.05) is 17.5 Å². The molecule has 0 amide bonds. The standard InChI is InChI=1S/C25H30N2O5S/c1-17-12-20(9-11-24(17)29)22(14-18-6-4-3-5-7-18)26-16-21(28)13-19-8-10-25(30)23(15-19)27-33(2,31)32/h3-12,15,21-22,26-30H,13-14,16H2,1-2H3/t21-,22?/m0/s1. The van der Waals surface area contributed by atoms with E-state index >= 15 is 0 Å². The molecule has 0 saturated heterocycles. The van der Waals surface area contributed by atoms with Crippen LogP contribution in [0.25, 0.3) is 0 Å². The van der Waals surface area contributed by atoms with Crippen molar-refractivity contribution in [1.29, 1.82) is 0 Å². The number of hydrogen-bond donors (Lipinski definition) is 5. The summed E-state index contributed by atoms with van der Waals surface area (Å²) in [5.74, 6) is 0.0606. The average molecular weight is 471 g/mol. The Hall–Kier alpha value is -3.07. The Balaban J connectivity index is 1.71. The zero-order valence-corrected chi connectivity index (χ0v) is 19.5. The Labute approximate surface area is 194 Å². The fourth-order valence-corrected chi connectivity index (χ4v) is 4.23. The number of phenolic OH excluding ortho intramolecular Hbond substituents is 2. The van der Waals surface area contributed by atoms with Gasteiger partial charge in [0.1, 0.15) is 11.5 Å². The summed E-state index contributed by atoms with van der Waals surface area (Å²) in [6, 6.07) is 20.0. The number of phenols is 2. The minimum atomic E-state index is -3.54. The molecule has 3 aromatic rings. The summed E-state index contributed by atoms with van der Waals surface area (Å²) in [6.07, 6.45) is 1.25. The van der Waals surface area contributed by atoms with Gasteiger partial charge in [-0.2, -0.15) is 0 Å². The third-order valence-electron chi connectivity index (χ3n) is 5.33. The number of hydrogen-bond acceptors (Lipinski definition) is 6. The van der Waals surface area contributed by atoms with Crippen LogP contribution < -0.4 is 10.0 Å². The van der Waals surface area contributed by atoms with Crippen molar-refractivity contribution in [3.63, 3.8) is 0 Å². The molecule has 176 valence electrons. The van der Waals surface area contributed by atoms with Crippen molar-refractivity contribution in [3.05, 3.63) is 89.0 Å². The molecule has 0 spiro atoms. The van der Waals surface area contributed by atoms with Crippen molar-refractivity contribution < 1.29 is 23.7 Å². The van der Waals surface area contributed by atoms with Crippen LogP contribution in [0.2, 0.25) is 0 Å². The largest absolute Gasteiger partial charge is 0.508 e. The van der Waals surface area contributed by atoms with E-state index in [0.29, 0.717) is 18.5 Å². The van der Waals surface area contributed by atoms with Crippen LogP contribution in [0.15, 0.2) is 66.7 Å². The number of benzene rings is 3. The van der Waals surface area contributed by atoms with E-state index in [1.54, 1.807) is 12.1 Å². The predicted molar refractivity (Wildman–Crippen MR) is 130 cm³/mol. The van der Waals surface area contributed by atoms with Gasteiger partial charge in [0.05, 0.1) is 18.0 Å². The lowest BCUT2D eigenvalue weighted by Crippen LogP contribution is -2.32. The van der Waals surface area contributed by atoms with Crippen LogP contribution >= 0.6 is 0 Å². The van der Waals surface area contributed by atoms with Gasteiger partial charge in [0.15, 0.2) is 0 Å². The molecule has 0 saturated carbocycles. The van der Waals surface area contributed by atoms with Crippen molar-refractivity contribution >= 4 is 15.7 Å². The molecular weight excluding hydrogens is 440 g/mol. The van der Waals surface area contributed by atoms with Crippen LogP contribution in [0.5, 0.6) is 11.5 Å². The van der Waals surface area contributed by atoms with Gasteiger partial charge in [-0.1, -0.05) is 48.5 Å². The number of nitrogens with one attached hydrogen (secondary N) is 2. The van der Waals surface area contributed by atoms with E-state index in [0.717, 1.165) is 22.9 Å². The zero-order valence-electron chi connectivity index (χ0n) is 18.7. The van der Waals surface area contributed by atoms with Crippen LogP contribution in [-0.2, 0) is 22.9 Å². The van der Waals surface area contributed by atoms with Gasteiger partial charge in [-0.25, -0.2) is 8.42 Å². The monoisotopic (exact) mass is 470 g/mol. The molecule has 3 aromatic carbocycles. The molecule has 3 rings (SSSR count). The highest BCUT2D eigenvalue weighted by atomic mass is 32.2. The predicted octanol–water partition coefficient (Wildman–Crippen LogP) is 3.25. The fourth-order valence-electron chi connectivity index (χ4n) is 3.67. The quantitative estimate of drug-likeness (QED) is 0.290. The maximum absolute atomic E-state index is 11.5. The average Bonchev–Trinajstić information content (AvgIpc) is 2.75. The first kappa shape index (κ1) is 24.6. The number of aliphatic hydroxyl groups is 1. The Morgan fingerprint density at radius 1 is 0.879 bits per heavy atom. The molecule has 1 unspecified atom stereocenters. The summed E-state index contributed by atoms with van der Waals surface area (Å²) in [7, 11) is -3.54. The van der Waals surface area contributed by atoms with Crippen molar-refractivity contribution in [2.45, 2.75) is 31.9 Å². The van der Waals surface area contributed by atoms with Gasteiger partial charge >= 0.3 is 0 Å². The Bertz CT molecular complexity index is 1180. The molecule has 0 bridgehead atoms. The minimum Gasteiger partial charge on any atom is -0.508 e. The molecule has 0 radical (unpaired) electrons. The highest BCUT2D eigenvalue weighted by Gasteiger charge is 2.16. The third kappa shape index (κ3) is 7.49. The molecule has 8 heteroatoms. The molecule has 0 fully saturated rings. The second kappa shape index (κ2) is 10.7. The number of aryl methyl sites for hydroxylation is 1. The molecule has 0 heterocycles. The summed E-state index contributed by atoms with van der Waals surface area (Å²) in [4.78, 5) is 0. The Morgan fingerprint density at radius 3 is 2.24 bits per heavy atom. The number of aromatic hydroxyl groups is 2. The van der Waals surface area contributed by atoms with Gasteiger partial charge in [0, 0.05) is 12.6 Å². The summed E-state index contributed by atoms with van der Waals surface area (Å²) in [6.45, 7) is 2.15.